The van der Waals surface area contributed by atoms with Gasteiger partial charge < -0.3 is 19.9 Å². The number of aliphatic imine (C=N–C) groups is 1. The number of rotatable bonds is 6. The molecule has 0 atom stereocenters. The summed E-state index contributed by atoms with van der Waals surface area (Å²) < 4.78 is 9.46. The van der Waals surface area contributed by atoms with Gasteiger partial charge in [0.15, 0.2) is 5.82 Å². The molecule has 1 fully saturated rings. The first kappa shape index (κ1) is 18.2. The molecule has 3 aromatic rings. The summed E-state index contributed by atoms with van der Waals surface area (Å²) in [5, 5.41) is 11.1. The van der Waals surface area contributed by atoms with Gasteiger partial charge in [-0.1, -0.05) is 6.07 Å². The highest BCUT2D eigenvalue weighted by molar-refractivity contribution is 6.49. The fraction of sp³-hybridized carbons (Fsp3) is 0.238. The maximum Gasteiger partial charge on any atom is 0.206 e. The van der Waals surface area contributed by atoms with Crippen LogP contribution in [0.4, 0.5) is 11.5 Å². The molecule has 4 heterocycles. The molecule has 2 N–H and O–H groups in total. The third-order valence-electron chi connectivity index (χ3n) is 4.93. The van der Waals surface area contributed by atoms with Gasteiger partial charge in [-0.15, -0.1) is 5.10 Å². The van der Waals surface area contributed by atoms with Crippen molar-refractivity contribution in [2.24, 2.45) is 4.99 Å². The third-order valence-corrected chi connectivity index (χ3v) is 4.93. The van der Waals surface area contributed by atoms with Crippen LogP contribution in [0.5, 0.6) is 0 Å². The molecule has 2 aliphatic rings. The van der Waals surface area contributed by atoms with E-state index in [2.05, 4.69) is 25.7 Å². The molecule has 30 heavy (non-hydrogen) atoms. The first-order valence-corrected chi connectivity index (χ1v) is 9.88. The number of carbonyl (C=O) groups is 1. The zero-order valence-electron chi connectivity index (χ0n) is 16.3. The van der Waals surface area contributed by atoms with Crippen LogP contribution in [0.25, 0.3) is 5.52 Å². The van der Waals surface area contributed by atoms with Gasteiger partial charge in [0.25, 0.3) is 0 Å². The Kier molecular flexibility index (Phi) is 4.76. The molecule has 0 aromatic carbocycles. The molecule has 1 saturated heterocycles. The number of imidazole rings is 1. The summed E-state index contributed by atoms with van der Waals surface area (Å²) in [6, 6.07) is 5.77. The van der Waals surface area contributed by atoms with Gasteiger partial charge in [-0.3, -0.25) is 4.79 Å². The molecule has 0 saturated carbocycles. The van der Waals surface area contributed by atoms with Crippen molar-refractivity contribution in [3.05, 3.63) is 66.7 Å². The summed E-state index contributed by atoms with van der Waals surface area (Å²) in [5.74, 6) is 1.13. The Bertz CT molecular complexity index is 1170. The number of nitrogens with one attached hydrogen (secondary N) is 2. The number of pyridine rings is 1. The second-order valence-electron chi connectivity index (χ2n) is 7.01. The Labute approximate surface area is 172 Å². The van der Waals surface area contributed by atoms with Crippen LogP contribution < -0.4 is 10.6 Å². The van der Waals surface area contributed by atoms with Gasteiger partial charge in [-0.2, -0.15) is 0 Å². The topological polar surface area (TPSA) is 97.8 Å². The van der Waals surface area contributed by atoms with E-state index in [-0.39, 0.29) is 5.78 Å². The molecule has 9 heteroatoms. The van der Waals surface area contributed by atoms with Crippen LogP contribution in [0.15, 0.2) is 71.7 Å². The lowest BCUT2D eigenvalue weighted by atomic mass is 10.1. The van der Waals surface area contributed by atoms with E-state index in [0.717, 1.165) is 18.5 Å². The van der Waals surface area contributed by atoms with E-state index in [1.807, 2.05) is 35.2 Å². The van der Waals surface area contributed by atoms with E-state index in [1.165, 1.54) is 6.08 Å². The number of hydrogen-bond donors (Lipinski definition) is 2. The highest BCUT2D eigenvalue weighted by atomic mass is 16.5. The standard InChI is InChI=1S/C21H21N7O2/c29-18-12-16-19(30-11-7-23-16)13-15(18)25-20-17-4-1-2-9-28(17)26-21(20)24-5-3-8-27-10-6-22-14-27/h1-2,4,6,9-10,12-14,23H,3,5,7-8,11H2,(H,24,26). The zero-order valence-corrected chi connectivity index (χ0v) is 16.3. The lowest BCUT2D eigenvalue weighted by Gasteiger charge is -2.23. The Morgan fingerprint density at radius 2 is 2.23 bits per heavy atom. The van der Waals surface area contributed by atoms with Gasteiger partial charge in [0.2, 0.25) is 5.78 Å². The molecular weight excluding hydrogens is 382 g/mol. The fourth-order valence-corrected chi connectivity index (χ4v) is 3.46. The molecular formula is C21H21N7O2. The van der Waals surface area contributed by atoms with Crippen LogP contribution in [0.3, 0.4) is 0 Å². The van der Waals surface area contributed by atoms with Crippen molar-refractivity contribution in [3.63, 3.8) is 0 Å². The molecule has 0 bridgehead atoms. The van der Waals surface area contributed by atoms with Gasteiger partial charge in [-0.25, -0.2) is 14.5 Å². The van der Waals surface area contributed by atoms with Crippen molar-refractivity contribution in [1.29, 1.82) is 0 Å². The van der Waals surface area contributed by atoms with Crippen LogP contribution in [0.1, 0.15) is 6.42 Å². The maximum atomic E-state index is 12.6. The van der Waals surface area contributed by atoms with Crippen molar-refractivity contribution in [3.8, 4) is 0 Å². The number of fused-ring (bicyclic) bond motifs is 2. The summed E-state index contributed by atoms with van der Waals surface area (Å²) >= 11 is 0. The molecule has 1 aliphatic carbocycles. The Hall–Kier alpha value is -3.88. The highest BCUT2D eigenvalue weighted by Gasteiger charge is 2.23. The second-order valence-corrected chi connectivity index (χ2v) is 7.01. The van der Waals surface area contributed by atoms with E-state index < -0.39 is 0 Å². The van der Waals surface area contributed by atoms with Gasteiger partial charge in [0.1, 0.15) is 23.8 Å². The number of aryl methyl sites for hydroxylation is 1. The Balaban J connectivity index is 1.42. The van der Waals surface area contributed by atoms with Crippen LogP contribution in [0.2, 0.25) is 0 Å². The molecule has 152 valence electrons. The number of carbonyl (C=O) groups excluding carboxylic acids is 1. The number of anilines is 1. The number of nitrogens with zero attached hydrogens (tertiary/aromatic N) is 5. The zero-order chi connectivity index (χ0) is 20.3. The van der Waals surface area contributed by atoms with Gasteiger partial charge in [0.05, 0.1) is 17.5 Å². The summed E-state index contributed by atoms with van der Waals surface area (Å²) in [5.41, 5.74) is 2.51. The largest absolute Gasteiger partial charge is 0.490 e. The van der Waals surface area contributed by atoms with Crippen LogP contribution in [-0.2, 0) is 16.1 Å². The lowest BCUT2D eigenvalue weighted by Crippen LogP contribution is -2.31. The third kappa shape index (κ3) is 3.57. The number of morpholine rings is 1. The van der Waals surface area contributed by atoms with Gasteiger partial charge >= 0.3 is 0 Å². The average Bonchev–Trinajstić information content (AvgIpc) is 3.40. The van der Waals surface area contributed by atoms with Crippen molar-refractivity contribution < 1.29 is 9.53 Å². The summed E-state index contributed by atoms with van der Waals surface area (Å²) in [6.07, 6.45) is 11.5. The van der Waals surface area contributed by atoms with E-state index >= 15 is 0 Å². The molecule has 0 spiro atoms. The minimum Gasteiger partial charge on any atom is -0.490 e. The minimum atomic E-state index is -0.159. The average molecular weight is 403 g/mol. The van der Waals surface area contributed by atoms with Crippen molar-refractivity contribution in [2.45, 2.75) is 13.0 Å². The SMILES string of the molecule is O=C1C=C2NCCOC2=CC1=Nc1c(NCCCn2ccnc2)nn2ccccc12. The Morgan fingerprint density at radius 1 is 1.27 bits per heavy atom. The fourth-order valence-electron chi connectivity index (χ4n) is 3.46. The van der Waals surface area contributed by atoms with E-state index in [1.54, 1.807) is 23.1 Å². The van der Waals surface area contributed by atoms with Crippen LogP contribution in [-0.4, -0.2) is 50.4 Å². The molecule has 0 amide bonds. The molecule has 0 unspecified atom stereocenters. The highest BCUT2D eigenvalue weighted by Crippen LogP contribution is 2.31. The maximum absolute atomic E-state index is 12.6. The van der Waals surface area contributed by atoms with Gasteiger partial charge in [0, 0.05) is 50.4 Å². The normalized spacial score (nSPS) is 17.2. The first-order chi connectivity index (χ1) is 14.8. The smallest absolute Gasteiger partial charge is 0.206 e. The number of hydrogen-bond acceptors (Lipinski definition) is 7. The predicted octanol–water partition coefficient (Wildman–Crippen LogP) is 2.08. The Morgan fingerprint density at radius 3 is 3.13 bits per heavy atom. The molecule has 1 aliphatic heterocycles. The number of ketones is 1. The molecule has 9 nitrogen and oxygen atoms in total. The monoisotopic (exact) mass is 403 g/mol. The predicted molar refractivity (Wildman–Crippen MR) is 113 cm³/mol. The lowest BCUT2D eigenvalue weighted by molar-refractivity contribution is -0.109. The number of aromatic nitrogens is 4. The molecule has 5 rings (SSSR count). The van der Waals surface area contributed by atoms with Crippen LogP contribution in [0, 0.1) is 0 Å². The molecule has 3 aromatic heterocycles. The minimum absolute atomic E-state index is 0.159. The number of allylic oxidation sites excluding steroid dienone is 2. The van der Waals surface area contributed by atoms with Crippen molar-refractivity contribution in [1.82, 2.24) is 24.5 Å². The molecule has 0 radical (unpaired) electrons. The summed E-state index contributed by atoms with van der Waals surface area (Å²) in [6.45, 7) is 2.81. The van der Waals surface area contributed by atoms with E-state index in [9.17, 15) is 4.79 Å². The summed E-state index contributed by atoms with van der Waals surface area (Å²) in [4.78, 5) is 21.4. The van der Waals surface area contributed by atoms with E-state index in [0.29, 0.717) is 48.4 Å². The van der Waals surface area contributed by atoms with E-state index in [4.69, 9.17) is 4.74 Å². The van der Waals surface area contributed by atoms with Gasteiger partial charge in [-0.05, 0) is 18.6 Å². The summed E-state index contributed by atoms with van der Waals surface area (Å²) in [7, 11) is 0. The van der Waals surface area contributed by atoms with Crippen molar-refractivity contribution >= 4 is 28.5 Å². The quantitative estimate of drug-likeness (QED) is 0.483. The number of ether oxygens (including phenoxy) is 1. The first-order valence-electron chi connectivity index (χ1n) is 9.88. The van der Waals surface area contributed by atoms with Crippen molar-refractivity contribution in [2.75, 3.05) is 25.0 Å². The van der Waals surface area contributed by atoms with Crippen LogP contribution >= 0.6 is 0 Å². The second kappa shape index (κ2) is 7.86.